The van der Waals surface area contributed by atoms with Crippen LogP contribution in [0.2, 0.25) is 0 Å². The molecule has 0 atom stereocenters. The second-order valence-electron chi connectivity index (χ2n) is 7.26. The number of pyridine rings is 1. The summed E-state index contributed by atoms with van der Waals surface area (Å²) in [5, 5.41) is 4.36. The van der Waals surface area contributed by atoms with Gasteiger partial charge in [-0.2, -0.15) is 0 Å². The summed E-state index contributed by atoms with van der Waals surface area (Å²) >= 11 is 0. The van der Waals surface area contributed by atoms with Crippen LogP contribution in [-0.4, -0.2) is 18.1 Å². The van der Waals surface area contributed by atoms with Gasteiger partial charge >= 0.3 is 0 Å². The molecular formula is C25H25FN2O3. The van der Waals surface area contributed by atoms with E-state index >= 15 is 0 Å². The van der Waals surface area contributed by atoms with E-state index < -0.39 is 0 Å². The van der Waals surface area contributed by atoms with Gasteiger partial charge in [-0.1, -0.05) is 12.1 Å². The maximum atomic E-state index is 13.1. The highest BCUT2D eigenvalue weighted by Gasteiger charge is 2.15. The van der Waals surface area contributed by atoms with Crippen molar-refractivity contribution in [2.45, 2.75) is 26.5 Å². The number of rotatable bonds is 10. The molecule has 4 aromatic rings. The van der Waals surface area contributed by atoms with E-state index in [1.165, 1.54) is 12.1 Å². The van der Waals surface area contributed by atoms with Crippen molar-refractivity contribution in [2.24, 2.45) is 0 Å². The number of halogens is 1. The molecule has 0 aliphatic heterocycles. The molecule has 0 aliphatic carbocycles. The van der Waals surface area contributed by atoms with Gasteiger partial charge in [0.1, 0.15) is 35.3 Å². The summed E-state index contributed by atoms with van der Waals surface area (Å²) < 4.78 is 30.8. The zero-order valence-electron chi connectivity index (χ0n) is 17.4. The zero-order valence-corrected chi connectivity index (χ0v) is 17.4. The normalized spacial score (nSPS) is 11.0. The summed E-state index contributed by atoms with van der Waals surface area (Å²) in [5.41, 5.74) is 2.92. The lowest BCUT2D eigenvalue weighted by Gasteiger charge is -2.09. The Balaban J connectivity index is 1.32. The van der Waals surface area contributed by atoms with E-state index in [1.807, 2.05) is 37.4 Å². The van der Waals surface area contributed by atoms with Gasteiger partial charge in [0.05, 0.1) is 12.0 Å². The number of aromatic nitrogens is 1. The van der Waals surface area contributed by atoms with E-state index in [-0.39, 0.29) is 12.4 Å². The average molecular weight is 420 g/mol. The first kappa shape index (κ1) is 20.9. The molecule has 0 saturated heterocycles. The Labute approximate surface area is 180 Å². The Morgan fingerprint density at radius 2 is 1.90 bits per heavy atom. The number of furan rings is 1. The molecule has 2 aromatic carbocycles. The van der Waals surface area contributed by atoms with Gasteiger partial charge in [0.25, 0.3) is 0 Å². The molecule has 0 bridgehead atoms. The molecule has 4 rings (SSSR count). The number of benzene rings is 2. The van der Waals surface area contributed by atoms with Crippen LogP contribution in [-0.2, 0) is 13.2 Å². The number of fused-ring (bicyclic) bond motifs is 1. The summed E-state index contributed by atoms with van der Waals surface area (Å²) in [4.78, 5) is 4.11. The number of ether oxygens (including phenoxy) is 2. The van der Waals surface area contributed by atoms with Crippen LogP contribution in [0.5, 0.6) is 11.5 Å². The summed E-state index contributed by atoms with van der Waals surface area (Å²) in [7, 11) is 0. The van der Waals surface area contributed by atoms with Crippen LogP contribution in [0.4, 0.5) is 4.39 Å². The fourth-order valence-corrected chi connectivity index (χ4v) is 3.37. The van der Waals surface area contributed by atoms with Crippen LogP contribution < -0.4 is 14.8 Å². The lowest BCUT2D eigenvalue weighted by atomic mass is 10.1. The van der Waals surface area contributed by atoms with Gasteiger partial charge in [-0.3, -0.25) is 4.98 Å². The molecular weight excluding hydrogens is 395 g/mol. The Kier molecular flexibility index (Phi) is 6.79. The largest absolute Gasteiger partial charge is 0.493 e. The predicted octanol–water partition coefficient (Wildman–Crippen LogP) is 5.41. The van der Waals surface area contributed by atoms with E-state index in [0.717, 1.165) is 53.1 Å². The van der Waals surface area contributed by atoms with Crippen molar-refractivity contribution in [1.82, 2.24) is 10.3 Å². The van der Waals surface area contributed by atoms with Crippen molar-refractivity contribution in [3.8, 4) is 11.5 Å². The van der Waals surface area contributed by atoms with Crippen LogP contribution in [0.3, 0.4) is 0 Å². The van der Waals surface area contributed by atoms with E-state index in [4.69, 9.17) is 13.9 Å². The highest BCUT2D eigenvalue weighted by molar-refractivity contribution is 5.88. The molecule has 160 valence electrons. The van der Waals surface area contributed by atoms with Crippen molar-refractivity contribution in [2.75, 3.05) is 13.2 Å². The molecule has 0 saturated carbocycles. The molecule has 0 radical (unpaired) electrons. The summed E-state index contributed by atoms with van der Waals surface area (Å²) in [6, 6.07) is 15.7. The topological polar surface area (TPSA) is 56.5 Å². The monoisotopic (exact) mass is 420 g/mol. The van der Waals surface area contributed by atoms with Gasteiger partial charge in [-0.15, -0.1) is 0 Å². The van der Waals surface area contributed by atoms with E-state index in [2.05, 4.69) is 16.4 Å². The molecule has 0 unspecified atom stereocenters. The molecule has 0 spiro atoms. The van der Waals surface area contributed by atoms with Gasteiger partial charge < -0.3 is 19.2 Å². The Morgan fingerprint density at radius 1 is 1.03 bits per heavy atom. The van der Waals surface area contributed by atoms with Gasteiger partial charge in [-0.05, 0) is 67.9 Å². The third-order valence-electron chi connectivity index (χ3n) is 5.01. The molecule has 0 fully saturated rings. The van der Waals surface area contributed by atoms with Crippen LogP contribution in [0.25, 0.3) is 11.0 Å². The van der Waals surface area contributed by atoms with Crippen LogP contribution in [0, 0.1) is 12.7 Å². The molecule has 31 heavy (non-hydrogen) atoms. The van der Waals surface area contributed by atoms with Crippen LogP contribution in [0.15, 0.2) is 71.4 Å². The van der Waals surface area contributed by atoms with Gasteiger partial charge in [0.15, 0.2) is 0 Å². The first-order valence-corrected chi connectivity index (χ1v) is 10.3. The molecule has 0 amide bonds. The summed E-state index contributed by atoms with van der Waals surface area (Å²) in [6.45, 7) is 4.51. The highest BCUT2D eigenvalue weighted by atomic mass is 19.1. The van der Waals surface area contributed by atoms with Crippen LogP contribution in [0.1, 0.15) is 23.3 Å². The molecule has 1 N–H and O–H groups in total. The first-order chi connectivity index (χ1) is 15.2. The smallest absolute Gasteiger partial charge is 0.146 e. The average Bonchev–Trinajstić information content (AvgIpc) is 3.13. The third-order valence-corrected chi connectivity index (χ3v) is 5.01. The van der Waals surface area contributed by atoms with Crippen molar-refractivity contribution in [1.29, 1.82) is 0 Å². The lowest BCUT2D eigenvalue weighted by Crippen LogP contribution is -2.17. The first-order valence-electron chi connectivity index (χ1n) is 10.3. The van der Waals surface area contributed by atoms with Gasteiger partial charge in [-0.25, -0.2) is 4.39 Å². The van der Waals surface area contributed by atoms with Crippen molar-refractivity contribution >= 4 is 11.0 Å². The number of hydrogen-bond acceptors (Lipinski definition) is 5. The molecule has 6 heteroatoms. The van der Waals surface area contributed by atoms with Crippen molar-refractivity contribution < 1.29 is 18.3 Å². The molecule has 2 heterocycles. The quantitative estimate of drug-likeness (QED) is 0.348. The minimum atomic E-state index is -0.290. The number of nitrogens with zero attached hydrogens (tertiary/aromatic N) is 1. The fraction of sp³-hybridized carbons (Fsp3) is 0.240. The lowest BCUT2D eigenvalue weighted by molar-refractivity contribution is 0.273. The second kappa shape index (κ2) is 10.1. The Bertz CT molecular complexity index is 1110. The minimum Gasteiger partial charge on any atom is -0.493 e. The fourth-order valence-electron chi connectivity index (χ4n) is 3.37. The second-order valence-corrected chi connectivity index (χ2v) is 7.26. The SMILES string of the molecule is Cc1c(COc2ccc(F)cc2)oc2cccc(OCCCNCc3cccnc3)c12. The van der Waals surface area contributed by atoms with Crippen LogP contribution >= 0.6 is 0 Å². The number of aryl methyl sites for hydroxylation is 1. The zero-order chi connectivity index (χ0) is 21.5. The Hall–Kier alpha value is -3.38. The van der Waals surface area contributed by atoms with E-state index in [9.17, 15) is 4.39 Å². The number of nitrogens with one attached hydrogen (secondary N) is 1. The van der Waals surface area contributed by atoms with Crippen molar-refractivity contribution in [3.63, 3.8) is 0 Å². The molecule has 0 aliphatic rings. The molecule has 5 nitrogen and oxygen atoms in total. The Morgan fingerprint density at radius 3 is 2.71 bits per heavy atom. The summed E-state index contributed by atoms with van der Waals surface area (Å²) in [5.74, 6) is 1.84. The third kappa shape index (κ3) is 5.41. The maximum Gasteiger partial charge on any atom is 0.146 e. The van der Waals surface area contributed by atoms with Crippen molar-refractivity contribution in [3.05, 3.63) is 89.7 Å². The maximum absolute atomic E-state index is 13.1. The summed E-state index contributed by atoms with van der Waals surface area (Å²) in [6.07, 6.45) is 4.52. The minimum absolute atomic E-state index is 0.268. The standard InChI is InChI=1S/C25H25FN2O3/c1-18-24(17-30-21-10-8-20(26)9-11-21)31-23-7-2-6-22(25(18)23)29-14-4-13-28-16-19-5-3-12-27-15-19/h2-3,5-12,15,28H,4,13-14,16-17H2,1H3. The van der Waals surface area contributed by atoms with E-state index in [1.54, 1.807) is 18.3 Å². The highest BCUT2D eigenvalue weighted by Crippen LogP contribution is 2.33. The number of hydrogen-bond donors (Lipinski definition) is 1. The van der Waals surface area contributed by atoms with Gasteiger partial charge in [0.2, 0.25) is 0 Å². The predicted molar refractivity (Wildman–Crippen MR) is 118 cm³/mol. The van der Waals surface area contributed by atoms with E-state index in [0.29, 0.717) is 12.4 Å². The molecule has 2 aromatic heterocycles. The van der Waals surface area contributed by atoms with Gasteiger partial charge in [0, 0.05) is 24.5 Å².